The van der Waals surface area contributed by atoms with Crippen LogP contribution in [0.3, 0.4) is 0 Å². The van der Waals surface area contributed by atoms with E-state index in [-0.39, 0.29) is 5.91 Å². The first-order valence-corrected chi connectivity index (χ1v) is 3.98. The fourth-order valence-electron chi connectivity index (χ4n) is 0.882. The Hall–Kier alpha value is -1.06. The molecule has 0 fully saturated rings. The smallest absolute Gasteiger partial charge is 0.315 e. The van der Waals surface area contributed by atoms with Gasteiger partial charge in [0.05, 0.1) is 0 Å². The fraction of sp³-hybridized carbons (Fsp3) is 0.750. The van der Waals surface area contributed by atoms with Crippen molar-refractivity contribution in [2.75, 3.05) is 13.6 Å². The first-order chi connectivity index (χ1) is 5.50. The number of hydrogen-bond acceptors (Lipinski definition) is 2. The van der Waals surface area contributed by atoms with Gasteiger partial charge >= 0.3 is 5.97 Å². The lowest BCUT2D eigenvalue weighted by atomic mass is 10.1. The van der Waals surface area contributed by atoms with Crippen LogP contribution in [0.1, 0.15) is 20.3 Å². The number of carboxylic acids is 1. The molecule has 1 unspecified atom stereocenters. The number of carbonyl (C=O) groups is 2. The van der Waals surface area contributed by atoms with Crippen LogP contribution in [0, 0.1) is 5.92 Å². The van der Waals surface area contributed by atoms with Crippen molar-refractivity contribution in [3.05, 3.63) is 0 Å². The van der Waals surface area contributed by atoms with Crippen molar-refractivity contribution < 1.29 is 14.7 Å². The van der Waals surface area contributed by atoms with Crippen LogP contribution >= 0.6 is 0 Å². The topological polar surface area (TPSA) is 57.6 Å². The summed E-state index contributed by atoms with van der Waals surface area (Å²) >= 11 is 0. The molecular formula is C8H15NO3. The zero-order valence-electron chi connectivity index (χ0n) is 7.70. The number of amides is 1. The zero-order valence-corrected chi connectivity index (χ0v) is 7.70. The predicted molar refractivity (Wildman–Crippen MR) is 44.7 cm³/mol. The van der Waals surface area contributed by atoms with Crippen LogP contribution in [0.2, 0.25) is 0 Å². The summed E-state index contributed by atoms with van der Waals surface area (Å²) in [5.74, 6) is -2.33. The van der Waals surface area contributed by atoms with Gasteiger partial charge in [0.15, 0.2) is 0 Å². The number of nitrogens with zero attached hydrogens (tertiary/aromatic N) is 1. The Balaban J connectivity index is 4.09. The van der Waals surface area contributed by atoms with Gasteiger partial charge in [-0.3, -0.25) is 9.59 Å². The maximum atomic E-state index is 11.2. The maximum Gasteiger partial charge on any atom is 0.315 e. The first-order valence-electron chi connectivity index (χ1n) is 3.98. The van der Waals surface area contributed by atoms with Gasteiger partial charge in [0.1, 0.15) is 5.92 Å². The Kier molecular flexibility index (Phi) is 4.33. The van der Waals surface area contributed by atoms with Crippen molar-refractivity contribution in [3.63, 3.8) is 0 Å². The number of carbonyl (C=O) groups excluding carboxylic acids is 1. The van der Waals surface area contributed by atoms with Gasteiger partial charge < -0.3 is 10.0 Å². The molecular weight excluding hydrogens is 158 g/mol. The van der Waals surface area contributed by atoms with E-state index in [9.17, 15) is 9.59 Å². The molecule has 0 heterocycles. The van der Waals surface area contributed by atoms with E-state index in [4.69, 9.17) is 5.11 Å². The van der Waals surface area contributed by atoms with E-state index in [0.29, 0.717) is 6.54 Å². The number of aliphatic carboxylic acids is 1. The molecule has 1 amide bonds. The van der Waals surface area contributed by atoms with Crippen molar-refractivity contribution in [1.82, 2.24) is 4.90 Å². The van der Waals surface area contributed by atoms with Crippen LogP contribution in [0.4, 0.5) is 0 Å². The molecule has 0 aromatic heterocycles. The molecule has 0 aliphatic carbocycles. The maximum absolute atomic E-state index is 11.2. The van der Waals surface area contributed by atoms with Gasteiger partial charge in [-0.2, -0.15) is 0 Å². The van der Waals surface area contributed by atoms with E-state index in [1.807, 2.05) is 6.92 Å². The highest BCUT2D eigenvalue weighted by Gasteiger charge is 2.22. The van der Waals surface area contributed by atoms with Crippen molar-refractivity contribution in [1.29, 1.82) is 0 Å². The largest absolute Gasteiger partial charge is 0.481 e. The van der Waals surface area contributed by atoms with Crippen LogP contribution in [-0.4, -0.2) is 35.5 Å². The molecule has 1 atom stereocenters. The average Bonchev–Trinajstić information content (AvgIpc) is 2.02. The lowest BCUT2D eigenvalue weighted by molar-refractivity contribution is -0.149. The monoisotopic (exact) mass is 173 g/mol. The Morgan fingerprint density at radius 1 is 1.50 bits per heavy atom. The molecule has 70 valence electrons. The molecule has 0 bridgehead atoms. The highest BCUT2D eigenvalue weighted by Crippen LogP contribution is 2.01. The normalized spacial score (nSPS) is 12.2. The number of hydrogen-bond donors (Lipinski definition) is 1. The molecule has 0 saturated carbocycles. The molecule has 1 N–H and O–H groups in total. The summed E-state index contributed by atoms with van der Waals surface area (Å²) in [5.41, 5.74) is 0. The summed E-state index contributed by atoms with van der Waals surface area (Å²) in [6.45, 7) is 3.95. The minimum atomic E-state index is -1.07. The molecule has 0 radical (unpaired) electrons. The number of carboxylic acid groups (broad SMARTS) is 1. The van der Waals surface area contributed by atoms with Gasteiger partial charge in [-0.25, -0.2) is 0 Å². The van der Waals surface area contributed by atoms with Crippen molar-refractivity contribution in [3.8, 4) is 0 Å². The van der Waals surface area contributed by atoms with Crippen molar-refractivity contribution in [2.45, 2.75) is 20.3 Å². The third-order valence-corrected chi connectivity index (χ3v) is 1.68. The highest BCUT2D eigenvalue weighted by atomic mass is 16.4. The van der Waals surface area contributed by atoms with Crippen LogP contribution in [0.5, 0.6) is 0 Å². The molecule has 0 aliphatic heterocycles. The van der Waals surface area contributed by atoms with E-state index in [1.54, 1.807) is 7.05 Å². The summed E-state index contributed by atoms with van der Waals surface area (Å²) in [7, 11) is 1.62. The molecule has 0 aliphatic rings. The molecule has 0 aromatic rings. The molecule has 0 saturated heterocycles. The molecule has 4 heteroatoms. The zero-order chi connectivity index (χ0) is 9.72. The Morgan fingerprint density at radius 3 is 2.33 bits per heavy atom. The quantitative estimate of drug-likeness (QED) is 0.632. The van der Waals surface area contributed by atoms with Gasteiger partial charge in [-0.15, -0.1) is 0 Å². The Bertz CT molecular complexity index is 179. The van der Waals surface area contributed by atoms with Crippen LogP contribution in [0.15, 0.2) is 0 Å². The second-order valence-corrected chi connectivity index (χ2v) is 2.82. The predicted octanol–water partition coefficient (Wildman–Crippen LogP) is 0.575. The average molecular weight is 173 g/mol. The Labute approximate surface area is 72.2 Å². The first kappa shape index (κ1) is 10.9. The van der Waals surface area contributed by atoms with E-state index in [1.165, 1.54) is 11.8 Å². The second kappa shape index (κ2) is 4.74. The SMILES string of the molecule is CCCN(C)C(=O)C(C)C(=O)O. The van der Waals surface area contributed by atoms with Crippen LogP contribution in [-0.2, 0) is 9.59 Å². The Morgan fingerprint density at radius 2 is 2.00 bits per heavy atom. The third-order valence-electron chi connectivity index (χ3n) is 1.68. The lowest BCUT2D eigenvalue weighted by Gasteiger charge is -2.18. The van der Waals surface area contributed by atoms with Gasteiger partial charge in [0.2, 0.25) is 5.91 Å². The molecule has 0 aromatic carbocycles. The minimum absolute atomic E-state index is 0.329. The van der Waals surface area contributed by atoms with E-state index in [2.05, 4.69) is 0 Å². The van der Waals surface area contributed by atoms with E-state index >= 15 is 0 Å². The van der Waals surface area contributed by atoms with Crippen LogP contribution < -0.4 is 0 Å². The molecule has 0 rings (SSSR count). The summed E-state index contributed by atoms with van der Waals surface area (Å²) < 4.78 is 0. The third kappa shape index (κ3) is 2.90. The standard InChI is InChI=1S/C8H15NO3/c1-4-5-9(3)7(10)6(2)8(11)12/h6H,4-5H2,1-3H3,(H,11,12). The van der Waals surface area contributed by atoms with E-state index < -0.39 is 11.9 Å². The summed E-state index contributed by atoms with van der Waals surface area (Å²) in [5, 5.41) is 8.52. The summed E-state index contributed by atoms with van der Waals surface area (Å²) in [6, 6.07) is 0. The molecule has 4 nitrogen and oxygen atoms in total. The van der Waals surface area contributed by atoms with Gasteiger partial charge in [-0.05, 0) is 13.3 Å². The second-order valence-electron chi connectivity index (χ2n) is 2.82. The summed E-state index contributed by atoms with van der Waals surface area (Å²) in [6.07, 6.45) is 0.842. The van der Waals surface area contributed by atoms with Gasteiger partial charge in [-0.1, -0.05) is 6.92 Å². The molecule has 12 heavy (non-hydrogen) atoms. The van der Waals surface area contributed by atoms with Gasteiger partial charge in [0, 0.05) is 13.6 Å². The van der Waals surface area contributed by atoms with Crippen LogP contribution in [0.25, 0.3) is 0 Å². The fourth-order valence-corrected chi connectivity index (χ4v) is 0.882. The number of rotatable bonds is 4. The van der Waals surface area contributed by atoms with Crippen molar-refractivity contribution in [2.24, 2.45) is 5.92 Å². The molecule has 0 spiro atoms. The van der Waals surface area contributed by atoms with E-state index in [0.717, 1.165) is 6.42 Å². The summed E-state index contributed by atoms with van der Waals surface area (Å²) in [4.78, 5) is 23.1. The van der Waals surface area contributed by atoms with Gasteiger partial charge in [0.25, 0.3) is 0 Å². The van der Waals surface area contributed by atoms with Crippen molar-refractivity contribution >= 4 is 11.9 Å². The lowest BCUT2D eigenvalue weighted by Crippen LogP contribution is -2.35. The minimum Gasteiger partial charge on any atom is -0.481 e. The highest BCUT2D eigenvalue weighted by molar-refractivity contribution is 5.96.